The molecule has 3 saturated carbocycles. The molecule has 0 aromatic rings. The van der Waals surface area contributed by atoms with Crippen LogP contribution in [-0.4, -0.2) is 18.9 Å². The molecule has 4 rings (SSSR count). The van der Waals surface area contributed by atoms with Gasteiger partial charge >= 0.3 is 0 Å². The van der Waals surface area contributed by atoms with Crippen molar-refractivity contribution in [3.05, 3.63) is 0 Å². The molecule has 1 saturated heterocycles. The lowest BCUT2D eigenvalue weighted by atomic mass is 9.59. The Morgan fingerprint density at radius 3 is 2.69 bits per heavy atom. The zero-order chi connectivity index (χ0) is 8.13. The molecule has 1 aliphatic heterocycles. The first-order valence-corrected chi connectivity index (χ1v) is 5.09. The van der Waals surface area contributed by atoms with E-state index in [1.165, 1.54) is 19.4 Å². The van der Waals surface area contributed by atoms with E-state index in [1.54, 1.807) is 0 Å². The maximum atomic E-state index is 11.6. The molecule has 2 bridgehead atoms. The Morgan fingerprint density at radius 1 is 1.15 bits per heavy atom. The van der Waals surface area contributed by atoms with Gasteiger partial charge in [0.2, 0.25) is 0 Å². The van der Waals surface area contributed by atoms with Crippen LogP contribution in [0.3, 0.4) is 0 Å². The number of nitrogens with one attached hydrogen (secondary N) is 1. The first kappa shape index (κ1) is 9.47. The van der Waals surface area contributed by atoms with Gasteiger partial charge in [0.1, 0.15) is 5.78 Å². The zero-order valence-electron chi connectivity index (χ0n) is 7.66. The number of hydrogen-bond donors (Lipinski definition) is 1. The first-order valence-electron chi connectivity index (χ1n) is 5.09. The van der Waals surface area contributed by atoms with E-state index in [2.05, 4.69) is 5.32 Å². The number of halogens is 1. The quantitative estimate of drug-likeness (QED) is 0.639. The second-order valence-electron chi connectivity index (χ2n) is 4.60. The number of carbonyl (C=O) groups excluding carboxylic acids is 1. The highest BCUT2D eigenvalue weighted by Gasteiger charge is 2.49. The summed E-state index contributed by atoms with van der Waals surface area (Å²) in [6.45, 7) is 2.29. The molecule has 2 nitrogen and oxygen atoms in total. The summed E-state index contributed by atoms with van der Waals surface area (Å²) >= 11 is 0. The summed E-state index contributed by atoms with van der Waals surface area (Å²) in [6, 6.07) is 0. The van der Waals surface area contributed by atoms with Gasteiger partial charge in [-0.1, -0.05) is 0 Å². The van der Waals surface area contributed by atoms with Crippen LogP contribution in [0.1, 0.15) is 19.3 Å². The van der Waals surface area contributed by atoms with Crippen LogP contribution in [0.25, 0.3) is 0 Å². The summed E-state index contributed by atoms with van der Waals surface area (Å²) in [4.78, 5) is 11.6. The van der Waals surface area contributed by atoms with E-state index in [0.29, 0.717) is 17.6 Å². The van der Waals surface area contributed by atoms with Gasteiger partial charge in [-0.25, -0.2) is 0 Å². The molecule has 4 fully saturated rings. The number of Topliss-reactive ketones (excluding diaryl/α,β-unsaturated/α-hetero) is 1. The van der Waals surface area contributed by atoms with Crippen LogP contribution in [0, 0.1) is 23.7 Å². The normalized spacial score (nSPS) is 47.2. The number of rotatable bonds is 0. The van der Waals surface area contributed by atoms with Crippen molar-refractivity contribution >= 4 is 18.2 Å². The molecule has 0 amide bonds. The van der Waals surface area contributed by atoms with Crippen molar-refractivity contribution in [2.75, 3.05) is 13.1 Å². The molecule has 13 heavy (non-hydrogen) atoms. The molecule has 3 heteroatoms. The SMILES string of the molecule is Cl.O=C1CC2CCC1C1CNCC21. The zero-order valence-corrected chi connectivity index (χ0v) is 8.48. The number of fused-ring (bicyclic) bond motifs is 2. The second kappa shape index (κ2) is 3.25. The van der Waals surface area contributed by atoms with E-state index in [0.717, 1.165) is 24.8 Å². The van der Waals surface area contributed by atoms with Crippen LogP contribution in [-0.2, 0) is 4.79 Å². The van der Waals surface area contributed by atoms with Gasteiger partial charge in [-0.05, 0) is 43.7 Å². The van der Waals surface area contributed by atoms with E-state index in [4.69, 9.17) is 0 Å². The third-order valence-corrected chi connectivity index (χ3v) is 4.16. The summed E-state index contributed by atoms with van der Waals surface area (Å²) in [5.41, 5.74) is 0. The van der Waals surface area contributed by atoms with Crippen LogP contribution in [0.2, 0.25) is 0 Å². The molecule has 4 unspecified atom stereocenters. The van der Waals surface area contributed by atoms with Gasteiger partial charge in [0.15, 0.2) is 0 Å². The average molecular weight is 202 g/mol. The molecular weight excluding hydrogens is 186 g/mol. The Kier molecular flexibility index (Phi) is 2.37. The molecule has 0 spiro atoms. The van der Waals surface area contributed by atoms with Gasteiger partial charge in [-0.3, -0.25) is 4.79 Å². The lowest BCUT2D eigenvalue weighted by Crippen LogP contribution is -2.44. The summed E-state index contributed by atoms with van der Waals surface area (Å²) in [5, 5.41) is 3.43. The topological polar surface area (TPSA) is 29.1 Å². The molecule has 4 aliphatic rings. The third-order valence-electron chi connectivity index (χ3n) is 4.16. The smallest absolute Gasteiger partial charge is 0.136 e. The highest BCUT2D eigenvalue weighted by atomic mass is 35.5. The lowest BCUT2D eigenvalue weighted by Gasteiger charge is -2.43. The van der Waals surface area contributed by atoms with Crippen LogP contribution >= 0.6 is 12.4 Å². The predicted octanol–water partition coefficient (Wildman–Crippen LogP) is 1.24. The van der Waals surface area contributed by atoms with Gasteiger partial charge in [0.05, 0.1) is 0 Å². The van der Waals surface area contributed by atoms with Crippen molar-refractivity contribution in [2.24, 2.45) is 23.7 Å². The Morgan fingerprint density at radius 2 is 1.92 bits per heavy atom. The molecule has 0 aromatic heterocycles. The Bertz CT molecular complexity index is 231. The molecule has 0 aromatic carbocycles. The minimum absolute atomic E-state index is 0. The van der Waals surface area contributed by atoms with Gasteiger partial charge in [-0.15, -0.1) is 12.4 Å². The molecule has 1 N–H and O–H groups in total. The Hall–Kier alpha value is -0.0800. The standard InChI is InChI=1S/C10H15NO.ClH/c12-10-3-6-1-2-7(10)9-5-11-4-8(6)9;/h6-9,11H,1-5H2;1H. The van der Waals surface area contributed by atoms with E-state index in [1.807, 2.05) is 0 Å². The molecule has 0 radical (unpaired) electrons. The molecule has 4 atom stereocenters. The molecule has 74 valence electrons. The van der Waals surface area contributed by atoms with Crippen LogP contribution < -0.4 is 5.32 Å². The van der Waals surface area contributed by atoms with E-state index in [-0.39, 0.29) is 12.4 Å². The average Bonchev–Trinajstić information content (AvgIpc) is 2.53. The molecule has 3 aliphatic carbocycles. The summed E-state index contributed by atoms with van der Waals surface area (Å²) in [6.07, 6.45) is 3.40. The maximum absolute atomic E-state index is 11.6. The molecular formula is C10H16ClNO. The van der Waals surface area contributed by atoms with Crippen LogP contribution in [0.5, 0.6) is 0 Å². The van der Waals surface area contributed by atoms with Crippen molar-refractivity contribution in [1.82, 2.24) is 5.32 Å². The van der Waals surface area contributed by atoms with Crippen molar-refractivity contribution in [3.63, 3.8) is 0 Å². The number of hydrogen-bond acceptors (Lipinski definition) is 2. The van der Waals surface area contributed by atoms with Gasteiger partial charge in [-0.2, -0.15) is 0 Å². The lowest BCUT2D eigenvalue weighted by molar-refractivity contribution is -0.134. The van der Waals surface area contributed by atoms with Gasteiger partial charge in [0, 0.05) is 12.3 Å². The first-order chi connectivity index (χ1) is 5.86. The fourth-order valence-electron chi connectivity index (χ4n) is 3.56. The van der Waals surface area contributed by atoms with Crippen LogP contribution in [0.4, 0.5) is 0 Å². The molecule has 1 heterocycles. The predicted molar refractivity (Wildman–Crippen MR) is 52.9 cm³/mol. The van der Waals surface area contributed by atoms with E-state index >= 15 is 0 Å². The highest BCUT2D eigenvalue weighted by molar-refractivity contribution is 5.85. The van der Waals surface area contributed by atoms with Crippen molar-refractivity contribution in [1.29, 1.82) is 0 Å². The third kappa shape index (κ3) is 1.23. The summed E-state index contributed by atoms with van der Waals surface area (Å²) < 4.78 is 0. The van der Waals surface area contributed by atoms with Gasteiger partial charge in [0.25, 0.3) is 0 Å². The number of carbonyl (C=O) groups is 1. The Balaban J connectivity index is 0.000000653. The minimum atomic E-state index is 0. The summed E-state index contributed by atoms with van der Waals surface area (Å²) in [7, 11) is 0. The minimum Gasteiger partial charge on any atom is -0.316 e. The summed E-state index contributed by atoms with van der Waals surface area (Å²) in [5.74, 6) is 3.31. The van der Waals surface area contributed by atoms with Gasteiger partial charge < -0.3 is 5.32 Å². The maximum Gasteiger partial charge on any atom is 0.136 e. The van der Waals surface area contributed by atoms with E-state index < -0.39 is 0 Å². The fourth-order valence-corrected chi connectivity index (χ4v) is 3.56. The van der Waals surface area contributed by atoms with E-state index in [9.17, 15) is 4.79 Å². The fraction of sp³-hybridized carbons (Fsp3) is 0.900. The Labute approximate surface area is 84.9 Å². The van der Waals surface area contributed by atoms with Crippen LogP contribution in [0.15, 0.2) is 0 Å². The second-order valence-corrected chi connectivity index (χ2v) is 4.60. The van der Waals surface area contributed by atoms with Crippen molar-refractivity contribution < 1.29 is 4.79 Å². The monoisotopic (exact) mass is 201 g/mol. The largest absolute Gasteiger partial charge is 0.316 e. The van der Waals surface area contributed by atoms with Crippen molar-refractivity contribution in [2.45, 2.75) is 19.3 Å². The number of ketones is 1. The van der Waals surface area contributed by atoms with Crippen molar-refractivity contribution in [3.8, 4) is 0 Å². The highest BCUT2D eigenvalue weighted by Crippen LogP contribution is 2.48.